The molecule has 1 heterocycles. The maximum absolute atomic E-state index is 4.45. The molecule has 0 N–H and O–H groups in total. The van der Waals surface area contributed by atoms with Crippen LogP contribution in [0.4, 0.5) is 0 Å². The van der Waals surface area contributed by atoms with Crippen LogP contribution in [0.5, 0.6) is 0 Å². The van der Waals surface area contributed by atoms with Gasteiger partial charge in [0.25, 0.3) is 0 Å². The van der Waals surface area contributed by atoms with Gasteiger partial charge in [-0.3, -0.25) is 0 Å². The highest BCUT2D eigenvalue weighted by molar-refractivity contribution is 9.10. The van der Waals surface area contributed by atoms with Gasteiger partial charge in [0.2, 0.25) is 0 Å². The fraction of sp³-hybridized carbons (Fsp3) is 0.267. The number of hydrogen-bond donors (Lipinski definition) is 0. The predicted octanol–water partition coefficient (Wildman–Crippen LogP) is 5.43. The first-order valence-electron chi connectivity index (χ1n) is 5.96. The number of aryl methyl sites for hydroxylation is 1. The third kappa shape index (κ3) is 3.36. The van der Waals surface area contributed by atoms with E-state index in [-0.39, 0.29) is 0 Å². The molecular weight excluding hydrogens is 306 g/mol. The Morgan fingerprint density at radius 2 is 1.83 bits per heavy atom. The lowest BCUT2D eigenvalue weighted by Crippen LogP contribution is -1.87. The lowest BCUT2D eigenvalue weighted by atomic mass is 10.0. The first-order valence-corrected chi connectivity index (χ1v) is 7.57. The quantitative estimate of drug-likeness (QED) is 0.747. The van der Waals surface area contributed by atoms with Gasteiger partial charge < -0.3 is 0 Å². The van der Waals surface area contributed by atoms with Gasteiger partial charge in [0.15, 0.2) is 0 Å². The van der Waals surface area contributed by atoms with Crippen molar-refractivity contribution in [3.8, 4) is 0 Å². The minimum atomic E-state index is 0.577. The van der Waals surface area contributed by atoms with Gasteiger partial charge in [0.1, 0.15) is 5.03 Å². The molecule has 0 aliphatic carbocycles. The van der Waals surface area contributed by atoms with Crippen LogP contribution >= 0.6 is 27.7 Å². The first kappa shape index (κ1) is 13.6. The Hall–Kier alpha value is -0.800. The molecule has 1 aromatic carbocycles. The summed E-state index contributed by atoms with van der Waals surface area (Å²) in [5, 5.41) is 1.01. The van der Waals surface area contributed by atoms with Gasteiger partial charge >= 0.3 is 0 Å². The van der Waals surface area contributed by atoms with Crippen molar-refractivity contribution in [2.24, 2.45) is 0 Å². The van der Waals surface area contributed by atoms with E-state index in [2.05, 4.69) is 65.1 Å². The van der Waals surface area contributed by atoms with Crippen LogP contribution in [0.3, 0.4) is 0 Å². The van der Waals surface area contributed by atoms with Gasteiger partial charge in [-0.1, -0.05) is 37.7 Å². The van der Waals surface area contributed by atoms with Gasteiger partial charge in [-0.05, 0) is 58.1 Å². The molecule has 0 amide bonds. The Balaban J connectivity index is 2.18. The van der Waals surface area contributed by atoms with Gasteiger partial charge in [-0.2, -0.15) is 0 Å². The van der Waals surface area contributed by atoms with Crippen molar-refractivity contribution in [2.45, 2.75) is 36.6 Å². The number of halogens is 1. The molecule has 0 spiro atoms. The number of aromatic nitrogens is 1. The van der Waals surface area contributed by atoms with Crippen molar-refractivity contribution in [3.63, 3.8) is 0 Å². The Kier molecular flexibility index (Phi) is 4.46. The summed E-state index contributed by atoms with van der Waals surface area (Å²) in [5.41, 5.74) is 2.54. The normalized spacial score (nSPS) is 10.9. The molecular formula is C15H16BrNS. The lowest BCUT2D eigenvalue weighted by molar-refractivity contribution is 0.865. The molecule has 18 heavy (non-hydrogen) atoms. The monoisotopic (exact) mass is 321 g/mol. The maximum atomic E-state index is 4.45. The van der Waals surface area contributed by atoms with E-state index in [4.69, 9.17) is 0 Å². The predicted molar refractivity (Wildman–Crippen MR) is 81.3 cm³/mol. The van der Waals surface area contributed by atoms with Crippen molar-refractivity contribution in [2.75, 3.05) is 0 Å². The number of pyridine rings is 1. The third-order valence-electron chi connectivity index (χ3n) is 2.71. The summed E-state index contributed by atoms with van der Waals surface area (Å²) in [6.07, 6.45) is 1.90. The molecule has 2 aromatic rings. The molecule has 3 heteroatoms. The van der Waals surface area contributed by atoms with Crippen LogP contribution in [0.15, 0.2) is 50.9 Å². The minimum absolute atomic E-state index is 0.577. The zero-order valence-electron chi connectivity index (χ0n) is 10.8. The summed E-state index contributed by atoms with van der Waals surface area (Å²) in [7, 11) is 0. The highest BCUT2D eigenvalue weighted by Gasteiger charge is 2.05. The second-order valence-electron chi connectivity index (χ2n) is 4.63. The molecule has 2 rings (SSSR count). The van der Waals surface area contributed by atoms with Gasteiger partial charge in [0.05, 0.1) is 4.47 Å². The molecule has 0 saturated heterocycles. The highest BCUT2D eigenvalue weighted by Crippen LogP contribution is 2.32. The zero-order valence-corrected chi connectivity index (χ0v) is 13.2. The zero-order chi connectivity index (χ0) is 13.1. The summed E-state index contributed by atoms with van der Waals surface area (Å²) in [5.74, 6) is 0.577. The van der Waals surface area contributed by atoms with Crippen LogP contribution in [-0.4, -0.2) is 4.98 Å². The van der Waals surface area contributed by atoms with E-state index in [9.17, 15) is 0 Å². The molecule has 0 aliphatic heterocycles. The molecule has 0 aliphatic rings. The average molecular weight is 322 g/mol. The standard InChI is InChI=1S/C15H16BrNS/c1-10(2)12-4-6-13(7-5-12)18-15-14(16)8-11(3)9-17-15/h4-10H,1-3H3. The van der Waals surface area contributed by atoms with Crippen molar-refractivity contribution < 1.29 is 0 Å². The molecule has 0 saturated carbocycles. The summed E-state index contributed by atoms with van der Waals surface area (Å²) in [6.45, 7) is 6.46. The second kappa shape index (κ2) is 5.89. The molecule has 0 unspecified atom stereocenters. The number of hydrogen-bond acceptors (Lipinski definition) is 2. The maximum Gasteiger partial charge on any atom is 0.115 e. The number of benzene rings is 1. The summed E-state index contributed by atoms with van der Waals surface area (Å²) >= 11 is 5.24. The van der Waals surface area contributed by atoms with E-state index in [1.54, 1.807) is 11.8 Å². The Morgan fingerprint density at radius 3 is 2.39 bits per heavy atom. The van der Waals surface area contributed by atoms with E-state index in [0.717, 1.165) is 9.50 Å². The minimum Gasteiger partial charge on any atom is -0.248 e. The van der Waals surface area contributed by atoms with E-state index in [1.165, 1.54) is 16.0 Å². The van der Waals surface area contributed by atoms with Crippen LogP contribution in [0.25, 0.3) is 0 Å². The molecule has 0 radical (unpaired) electrons. The summed E-state index contributed by atoms with van der Waals surface area (Å²) in [4.78, 5) is 5.67. The van der Waals surface area contributed by atoms with Gasteiger partial charge in [-0.15, -0.1) is 0 Å². The van der Waals surface area contributed by atoms with Crippen LogP contribution < -0.4 is 0 Å². The number of nitrogens with zero attached hydrogens (tertiary/aromatic N) is 1. The van der Waals surface area contributed by atoms with Crippen LogP contribution in [0.2, 0.25) is 0 Å². The Bertz CT molecular complexity index is 535. The largest absolute Gasteiger partial charge is 0.248 e. The molecule has 1 nitrogen and oxygen atoms in total. The molecule has 0 bridgehead atoms. The topological polar surface area (TPSA) is 12.9 Å². The van der Waals surface area contributed by atoms with E-state index >= 15 is 0 Å². The van der Waals surface area contributed by atoms with E-state index in [0.29, 0.717) is 5.92 Å². The number of rotatable bonds is 3. The van der Waals surface area contributed by atoms with Crippen LogP contribution in [0, 0.1) is 6.92 Å². The Labute approximate surface area is 121 Å². The van der Waals surface area contributed by atoms with E-state index in [1.807, 2.05) is 13.1 Å². The average Bonchev–Trinajstić information content (AvgIpc) is 2.33. The molecule has 0 fully saturated rings. The van der Waals surface area contributed by atoms with Crippen molar-refractivity contribution in [1.29, 1.82) is 0 Å². The SMILES string of the molecule is Cc1cnc(Sc2ccc(C(C)C)cc2)c(Br)c1. The van der Waals surface area contributed by atoms with Crippen LogP contribution in [0.1, 0.15) is 30.9 Å². The molecule has 94 valence electrons. The van der Waals surface area contributed by atoms with Crippen molar-refractivity contribution in [3.05, 3.63) is 52.1 Å². The third-order valence-corrected chi connectivity index (χ3v) is 4.60. The molecule has 1 aromatic heterocycles. The fourth-order valence-corrected chi connectivity index (χ4v) is 3.09. The fourth-order valence-electron chi connectivity index (χ4n) is 1.63. The lowest BCUT2D eigenvalue weighted by Gasteiger charge is -2.07. The van der Waals surface area contributed by atoms with Gasteiger partial charge in [-0.25, -0.2) is 4.98 Å². The van der Waals surface area contributed by atoms with Crippen molar-refractivity contribution in [1.82, 2.24) is 4.98 Å². The Morgan fingerprint density at radius 1 is 1.17 bits per heavy atom. The molecule has 0 atom stereocenters. The highest BCUT2D eigenvalue weighted by atomic mass is 79.9. The summed E-state index contributed by atoms with van der Waals surface area (Å²) < 4.78 is 1.06. The van der Waals surface area contributed by atoms with Gasteiger partial charge in [0, 0.05) is 11.1 Å². The summed E-state index contributed by atoms with van der Waals surface area (Å²) in [6, 6.07) is 10.8. The van der Waals surface area contributed by atoms with E-state index < -0.39 is 0 Å². The second-order valence-corrected chi connectivity index (χ2v) is 6.54. The van der Waals surface area contributed by atoms with Crippen molar-refractivity contribution >= 4 is 27.7 Å². The first-order chi connectivity index (χ1) is 8.56. The smallest absolute Gasteiger partial charge is 0.115 e. The van der Waals surface area contributed by atoms with Crippen LogP contribution in [-0.2, 0) is 0 Å².